The standard InChI is InChI=1S/C19H22BrN5/c1-24(2)7-8-25(3)19-11-16-17(22-13-23-18(16)12-21-19)10-14-5-4-6-15(20)9-14/h4-6,9,11-13H,7-8,10H2,1-3H3. The Hall–Kier alpha value is -2.05. The van der Waals surface area contributed by atoms with Gasteiger partial charge in [-0.3, -0.25) is 0 Å². The highest BCUT2D eigenvalue weighted by Crippen LogP contribution is 2.22. The van der Waals surface area contributed by atoms with Crippen molar-refractivity contribution in [1.82, 2.24) is 19.9 Å². The lowest BCUT2D eigenvalue weighted by Gasteiger charge is -2.21. The molecule has 1 aromatic carbocycles. The van der Waals surface area contributed by atoms with Gasteiger partial charge in [0.1, 0.15) is 12.1 Å². The number of fused-ring (bicyclic) bond motifs is 1. The van der Waals surface area contributed by atoms with Gasteiger partial charge < -0.3 is 9.80 Å². The Kier molecular flexibility index (Phi) is 5.60. The molecule has 0 fully saturated rings. The van der Waals surface area contributed by atoms with Gasteiger partial charge in [-0.2, -0.15) is 0 Å². The summed E-state index contributed by atoms with van der Waals surface area (Å²) in [6.45, 7) is 1.90. The SMILES string of the molecule is CN(C)CCN(C)c1cc2c(Cc3cccc(Br)c3)ncnc2cn1. The van der Waals surface area contributed by atoms with Crippen molar-refractivity contribution in [1.29, 1.82) is 0 Å². The fraction of sp³-hybridized carbons (Fsp3) is 0.316. The van der Waals surface area contributed by atoms with E-state index in [2.05, 4.69) is 80.0 Å². The van der Waals surface area contributed by atoms with E-state index in [-0.39, 0.29) is 0 Å². The molecule has 0 amide bonds. The zero-order chi connectivity index (χ0) is 17.8. The van der Waals surface area contributed by atoms with Crippen molar-refractivity contribution in [2.45, 2.75) is 6.42 Å². The highest BCUT2D eigenvalue weighted by Gasteiger charge is 2.10. The molecule has 2 heterocycles. The molecule has 0 aliphatic carbocycles. The molecule has 5 nitrogen and oxygen atoms in total. The number of aromatic nitrogens is 3. The number of hydrogen-bond acceptors (Lipinski definition) is 5. The third-order valence-corrected chi connectivity index (χ3v) is 4.62. The van der Waals surface area contributed by atoms with E-state index in [0.29, 0.717) is 0 Å². The van der Waals surface area contributed by atoms with Crippen LogP contribution in [0.1, 0.15) is 11.3 Å². The van der Waals surface area contributed by atoms with Gasteiger partial charge in [0.2, 0.25) is 0 Å². The summed E-state index contributed by atoms with van der Waals surface area (Å²) in [6.07, 6.45) is 4.22. The summed E-state index contributed by atoms with van der Waals surface area (Å²) in [6, 6.07) is 10.4. The molecule has 6 heteroatoms. The van der Waals surface area contributed by atoms with Crippen molar-refractivity contribution in [2.75, 3.05) is 39.1 Å². The van der Waals surface area contributed by atoms with Gasteiger partial charge >= 0.3 is 0 Å². The van der Waals surface area contributed by atoms with E-state index in [9.17, 15) is 0 Å². The summed E-state index contributed by atoms with van der Waals surface area (Å²) >= 11 is 3.53. The van der Waals surface area contributed by atoms with Gasteiger partial charge in [0.05, 0.1) is 17.4 Å². The lowest BCUT2D eigenvalue weighted by Crippen LogP contribution is -2.28. The fourth-order valence-corrected chi connectivity index (χ4v) is 3.10. The third-order valence-electron chi connectivity index (χ3n) is 4.12. The quantitative estimate of drug-likeness (QED) is 0.635. The van der Waals surface area contributed by atoms with Gasteiger partial charge in [0.15, 0.2) is 0 Å². The van der Waals surface area contributed by atoms with Crippen molar-refractivity contribution in [3.05, 3.63) is 58.6 Å². The Morgan fingerprint density at radius 2 is 1.84 bits per heavy atom. The maximum Gasteiger partial charge on any atom is 0.129 e. The third kappa shape index (κ3) is 4.52. The Balaban J connectivity index is 1.92. The van der Waals surface area contributed by atoms with Crippen LogP contribution in [0.15, 0.2) is 47.3 Å². The van der Waals surface area contributed by atoms with Crippen molar-refractivity contribution in [2.24, 2.45) is 0 Å². The molecule has 3 aromatic rings. The number of nitrogens with zero attached hydrogens (tertiary/aromatic N) is 5. The minimum Gasteiger partial charge on any atom is -0.358 e. The van der Waals surface area contributed by atoms with Crippen LogP contribution < -0.4 is 4.90 Å². The number of anilines is 1. The van der Waals surface area contributed by atoms with Crippen LogP contribution in [0.2, 0.25) is 0 Å². The second-order valence-corrected chi connectivity index (χ2v) is 7.33. The van der Waals surface area contributed by atoms with Crippen molar-refractivity contribution >= 4 is 32.7 Å². The molecule has 0 saturated carbocycles. The molecule has 2 aromatic heterocycles. The van der Waals surface area contributed by atoms with Crippen LogP contribution in [0.25, 0.3) is 10.9 Å². The molecular weight excluding hydrogens is 378 g/mol. The van der Waals surface area contributed by atoms with Crippen molar-refractivity contribution < 1.29 is 0 Å². The van der Waals surface area contributed by atoms with E-state index in [0.717, 1.165) is 46.4 Å². The summed E-state index contributed by atoms with van der Waals surface area (Å²) in [5.41, 5.74) is 3.12. The maximum absolute atomic E-state index is 4.56. The molecule has 0 unspecified atom stereocenters. The van der Waals surface area contributed by atoms with Crippen LogP contribution in [0.3, 0.4) is 0 Å². The van der Waals surface area contributed by atoms with Crippen LogP contribution in [0.4, 0.5) is 5.82 Å². The molecule has 3 rings (SSSR count). The highest BCUT2D eigenvalue weighted by atomic mass is 79.9. The Bertz CT molecular complexity index is 865. The molecule has 0 radical (unpaired) electrons. The zero-order valence-electron chi connectivity index (χ0n) is 14.8. The second kappa shape index (κ2) is 7.89. The van der Waals surface area contributed by atoms with E-state index in [4.69, 9.17) is 0 Å². The Morgan fingerprint density at radius 3 is 2.60 bits per heavy atom. The fourth-order valence-electron chi connectivity index (χ4n) is 2.66. The van der Waals surface area contributed by atoms with Gasteiger partial charge in [-0.25, -0.2) is 15.0 Å². The van der Waals surface area contributed by atoms with Gasteiger partial charge in [0.25, 0.3) is 0 Å². The Labute approximate surface area is 156 Å². The van der Waals surface area contributed by atoms with Crippen molar-refractivity contribution in [3.8, 4) is 0 Å². The van der Waals surface area contributed by atoms with Gasteiger partial charge in [-0.15, -0.1) is 0 Å². The number of rotatable bonds is 6. The predicted molar refractivity (Wildman–Crippen MR) is 106 cm³/mol. The normalized spacial score (nSPS) is 11.2. The van der Waals surface area contributed by atoms with Crippen LogP contribution in [0, 0.1) is 0 Å². The molecule has 130 valence electrons. The molecular formula is C19H22BrN5. The van der Waals surface area contributed by atoms with Crippen LogP contribution in [0.5, 0.6) is 0 Å². The molecule has 0 aliphatic heterocycles. The molecule has 0 N–H and O–H groups in total. The van der Waals surface area contributed by atoms with Gasteiger partial charge in [0, 0.05) is 36.4 Å². The molecule has 0 bridgehead atoms. The monoisotopic (exact) mass is 399 g/mol. The first kappa shape index (κ1) is 17.8. The van der Waals surface area contributed by atoms with Gasteiger partial charge in [-0.05, 0) is 37.9 Å². The minimum absolute atomic E-state index is 0.767. The molecule has 0 saturated heterocycles. The average molecular weight is 400 g/mol. The molecule has 0 atom stereocenters. The van der Waals surface area contributed by atoms with E-state index in [1.165, 1.54) is 5.56 Å². The summed E-state index contributed by atoms with van der Waals surface area (Å²) in [4.78, 5) is 17.8. The number of likely N-dealkylation sites (N-methyl/N-ethyl adjacent to an activating group) is 2. The van der Waals surface area contributed by atoms with Gasteiger partial charge in [-0.1, -0.05) is 28.1 Å². The molecule has 25 heavy (non-hydrogen) atoms. The van der Waals surface area contributed by atoms with E-state index >= 15 is 0 Å². The first-order chi connectivity index (χ1) is 12.0. The smallest absolute Gasteiger partial charge is 0.129 e. The summed E-state index contributed by atoms with van der Waals surface area (Å²) in [7, 11) is 6.21. The van der Waals surface area contributed by atoms with Crippen LogP contribution in [-0.4, -0.2) is 54.1 Å². The first-order valence-corrected chi connectivity index (χ1v) is 9.02. The largest absolute Gasteiger partial charge is 0.358 e. The van der Waals surface area contributed by atoms with Crippen molar-refractivity contribution in [3.63, 3.8) is 0 Å². The van der Waals surface area contributed by atoms with E-state index < -0.39 is 0 Å². The van der Waals surface area contributed by atoms with E-state index in [1.54, 1.807) is 6.33 Å². The number of hydrogen-bond donors (Lipinski definition) is 0. The number of benzene rings is 1. The lowest BCUT2D eigenvalue weighted by molar-refractivity contribution is 0.416. The van der Waals surface area contributed by atoms with Crippen LogP contribution in [-0.2, 0) is 6.42 Å². The average Bonchev–Trinajstić information content (AvgIpc) is 2.59. The zero-order valence-corrected chi connectivity index (χ0v) is 16.4. The highest BCUT2D eigenvalue weighted by molar-refractivity contribution is 9.10. The lowest BCUT2D eigenvalue weighted by atomic mass is 10.1. The minimum atomic E-state index is 0.767. The maximum atomic E-state index is 4.56. The molecule has 0 aliphatic rings. The first-order valence-electron chi connectivity index (χ1n) is 8.23. The summed E-state index contributed by atoms with van der Waals surface area (Å²) < 4.78 is 1.08. The Morgan fingerprint density at radius 1 is 1.00 bits per heavy atom. The van der Waals surface area contributed by atoms with E-state index in [1.807, 2.05) is 18.3 Å². The second-order valence-electron chi connectivity index (χ2n) is 6.41. The summed E-state index contributed by atoms with van der Waals surface area (Å²) in [5, 5.41) is 1.06. The summed E-state index contributed by atoms with van der Waals surface area (Å²) in [5.74, 6) is 0.944. The van der Waals surface area contributed by atoms with Crippen LogP contribution >= 0.6 is 15.9 Å². The topological polar surface area (TPSA) is 45.2 Å². The molecule has 0 spiro atoms. The number of halogens is 1. The number of pyridine rings is 1. The predicted octanol–water partition coefficient (Wildman–Crippen LogP) is 3.38.